The molecule has 3 aromatic rings. The molecule has 90 valence electrons. The molecule has 0 aliphatic carbocycles. The van der Waals surface area contributed by atoms with Crippen molar-refractivity contribution < 1.29 is 4.42 Å². The fourth-order valence-corrected chi connectivity index (χ4v) is 2.02. The Balaban J connectivity index is 2.09. The molecule has 0 aliphatic rings. The number of benzene rings is 1. The second-order valence-electron chi connectivity index (χ2n) is 4.11. The highest BCUT2D eigenvalue weighted by molar-refractivity contribution is 5.64. The minimum Gasteiger partial charge on any atom is -0.463 e. The van der Waals surface area contributed by atoms with Gasteiger partial charge >= 0.3 is 0 Å². The van der Waals surface area contributed by atoms with Gasteiger partial charge in [0.05, 0.1) is 6.26 Å². The van der Waals surface area contributed by atoms with Crippen LogP contribution in [0.4, 0.5) is 0 Å². The maximum absolute atomic E-state index is 5.43. The van der Waals surface area contributed by atoms with Crippen LogP contribution in [0.1, 0.15) is 12.6 Å². The number of imidazole rings is 1. The largest absolute Gasteiger partial charge is 0.463 e. The molecule has 0 bridgehead atoms. The summed E-state index contributed by atoms with van der Waals surface area (Å²) in [5.74, 6) is 1.70. The topological polar surface area (TPSA) is 41.8 Å². The SMILES string of the molecule is CCc1[nH]c(-c2ccccc2)nc1-c1ccco1. The van der Waals surface area contributed by atoms with E-state index in [0.717, 1.165) is 35.0 Å². The molecule has 0 atom stereocenters. The van der Waals surface area contributed by atoms with Crippen LogP contribution in [0.15, 0.2) is 53.1 Å². The number of aromatic amines is 1. The number of hydrogen-bond acceptors (Lipinski definition) is 2. The zero-order valence-electron chi connectivity index (χ0n) is 10.2. The predicted molar refractivity (Wildman–Crippen MR) is 71.1 cm³/mol. The van der Waals surface area contributed by atoms with Crippen molar-refractivity contribution in [2.24, 2.45) is 0 Å². The molecule has 0 saturated heterocycles. The van der Waals surface area contributed by atoms with E-state index in [0.29, 0.717) is 0 Å². The Morgan fingerprint density at radius 3 is 2.61 bits per heavy atom. The van der Waals surface area contributed by atoms with Crippen molar-refractivity contribution in [1.29, 1.82) is 0 Å². The number of nitrogens with one attached hydrogen (secondary N) is 1. The van der Waals surface area contributed by atoms with Crippen molar-refractivity contribution in [3.05, 3.63) is 54.4 Å². The second kappa shape index (κ2) is 4.53. The van der Waals surface area contributed by atoms with E-state index in [1.807, 2.05) is 42.5 Å². The molecule has 0 saturated carbocycles. The summed E-state index contributed by atoms with van der Waals surface area (Å²) in [5.41, 5.74) is 3.09. The molecular weight excluding hydrogens is 224 g/mol. The van der Waals surface area contributed by atoms with Crippen molar-refractivity contribution in [2.45, 2.75) is 13.3 Å². The van der Waals surface area contributed by atoms with Gasteiger partial charge in [-0.25, -0.2) is 4.98 Å². The first kappa shape index (κ1) is 10.8. The lowest BCUT2D eigenvalue weighted by Gasteiger charge is -1.94. The van der Waals surface area contributed by atoms with E-state index in [-0.39, 0.29) is 0 Å². The fourth-order valence-electron chi connectivity index (χ4n) is 2.02. The highest BCUT2D eigenvalue weighted by Crippen LogP contribution is 2.26. The minimum absolute atomic E-state index is 0.810. The van der Waals surface area contributed by atoms with Gasteiger partial charge < -0.3 is 9.40 Å². The first-order chi connectivity index (χ1) is 8.88. The average molecular weight is 238 g/mol. The average Bonchev–Trinajstić information content (AvgIpc) is 3.08. The summed E-state index contributed by atoms with van der Waals surface area (Å²) in [7, 11) is 0. The van der Waals surface area contributed by atoms with Gasteiger partial charge in [0.2, 0.25) is 0 Å². The lowest BCUT2D eigenvalue weighted by molar-refractivity contribution is 0.579. The molecule has 3 rings (SSSR count). The quantitative estimate of drug-likeness (QED) is 0.751. The summed E-state index contributed by atoms with van der Waals surface area (Å²) in [6.07, 6.45) is 2.57. The van der Waals surface area contributed by atoms with Crippen LogP contribution in [0.5, 0.6) is 0 Å². The predicted octanol–water partition coefficient (Wildman–Crippen LogP) is 3.90. The molecule has 3 heteroatoms. The van der Waals surface area contributed by atoms with Gasteiger partial charge in [0.15, 0.2) is 5.76 Å². The Hall–Kier alpha value is -2.29. The highest BCUT2D eigenvalue weighted by Gasteiger charge is 2.13. The molecule has 3 nitrogen and oxygen atoms in total. The Bertz CT molecular complexity index is 624. The number of nitrogens with zero attached hydrogens (tertiary/aromatic N) is 1. The number of rotatable bonds is 3. The lowest BCUT2D eigenvalue weighted by Crippen LogP contribution is -1.83. The van der Waals surface area contributed by atoms with Gasteiger partial charge in [0.1, 0.15) is 11.5 Å². The Morgan fingerprint density at radius 2 is 1.94 bits per heavy atom. The first-order valence-electron chi connectivity index (χ1n) is 6.06. The maximum atomic E-state index is 5.43. The highest BCUT2D eigenvalue weighted by atomic mass is 16.3. The van der Waals surface area contributed by atoms with Crippen molar-refractivity contribution >= 4 is 0 Å². The molecule has 0 radical (unpaired) electrons. The molecule has 2 aromatic heterocycles. The number of furan rings is 1. The van der Waals surface area contributed by atoms with Crippen LogP contribution < -0.4 is 0 Å². The zero-order valence-corrected chi connectivity index (χ0v) is 10.2. The molecule has 0 spiro atoms. The number of aromatic nitrogens is 2. The maximum Gasteiger partial charge on any atom is 0.154 e. The van der Waals surface area contributed by atoms with Crippen LogP contribution in [0.25, 0.3) is 22.8 Å². The van der Waals surface area contributed by atoms with Crippen LogP contribution >= 0.6 is 0 Å². The monoisotopic (exact) mass is 238 g/mol. The van der Waals surface area contributed by atoms with Crippen LogP contribution in [-0.4, -0.2) is 9.97 Å². The third-order valence-corrected chi connectivity index (χ3v) is 2.93. The summed E-state index contributed by atoms with van der Waals surface area (Å²) in [6.45, 7) is 2.11. The van der Waals surface area contributed by atoms with Gasteiger partial charge in [-0.3, -0.25) is 0 Å². The van der Waals surface area contributed by atoms with E-state index >= 15 is 0 Å². The van der Waals surface area contributed by atoms with Crippen molar-refractivity contribution in [2.75, 3.05) is 0 Å². The van der Waals surface area contributed by atoms with Crippen LogP contribution in [-0.2, 0) is 6.42 Å². The van der Waals surface area contributed by atoms with Gasteiger partial charge in [-0.05, 0) is 18.6 Å². The lowest BCUT2D eigenvalue weighted by atomic mass is 10.2. The molecule has 1 aromatic carbocycles. The van der Waals surface area contributed by atoms with Gasteiger partial charge in [-0.2, -0.15) is 0 Å². The summed E-state index contributed by atoms with van der Waals surface area (Å²) < 4.78 is 5.43. The van der Waals surface area contributed by atoms with Gasteiger partial charge in [-0.1, -0.05) is 37.3 Å². The van der Waals surface area contributed by atoms with Gasteiger partial charge in [0.25, 0.3) is 0 Å². The van der Waals surface area contributed by atoms with Crippen molar-refractivity contribution in [3.8, 4) is 22.8 Å². The van der Waals surface area contributed by atoms with E-state index in [2.05, 4.69) is 16.9 Å². The van der Waals surface area contributed by atoms with Crippen molar-refractivity contribution in [1.82, 2.24) is 9.97 Å². The number of hydrogen-bond donors (Lipinski definition) is 1. The summed E-state index contributed by atoms with van der Waals surface area (Å²) in [4.78, 5) is 8.01. The van der Waals surface area contributed by atoms with Crippen LogP contribution in [0.2, 0.25) is 0 Å². The smallest absolute Gasteiger partial charge is 0.154 e. The van der Waals surface area contributed by atoms with Crippen LogP contribution in [0.3, 0.4) is 0 Å². The molecule has 0 unspecified atom stereocenters. The van der Waals surface area contributed by atoms with E-state index in [9.17, 15) is 0 Å². The molecule has 1 N–H and O–H groups in total. The van der Waals surface area contributed by atoms with E-state index in [1.165, 1.54) is 0 Å². The van der Waals surface area contributed by atoms with Crippen molar-refractivity contribution in [3.63, 3.8) is 0 Å². The fraction of sp³-hybridized carbons (Fsp3) is 0.133. The number of aryl methyl sites for hydroxylation is 1. The Morgan fingerprint density at radius 1 is 1.11 bits per heavy atom. The second-order valence-corrected chi connectivity index (χ2v) is 4.11. The normalized spacial score (nSPS) is 10.7. The third kappa shape index (κ3) is 1.84. The summed E-state index contributed by atoms with van der Waals surface area (Å²) >= 11 is 0. The molecule has 2 heterocycles. The van der Waals surface area contributed by atoms with E-state index < -0.39 is 0 Å². The molecule has 0 aliphatic heterocycles. The Kier molecular flexibility index (Phi) is 2.73. The zero-order chi connectivity index (χ0) is 12.4. The standard InChI is InChI=1S/C15H14N2O/c1-2-12-14(13-9-6-10-18-13)17-15(16-12)11-7-4-3-5-8-11/h3-10H,2H2,1H3,(H,16,17). The van der Waals surface area contributed by atoms with Crippen LogP contribution in [0, 0.1) is 0 Å². The van der Waals surface area contributed by atoms with E-state index in [1.54, 1.807) is 6.26 Å². The summed E-state index contributed by atoms with van der Waals surface area (Å²) in [5, 5.41) is 0. The van der Waals surface area contributed by atoms with E-state index in [4.69, 9.17) is 4.42 Å². The molecule has 0 fully saturated rings. The summed E-state index contributed by atoms with van der Waals surface area (Å²) in [6, 6.07) is 13.9. The third-order valence-electron chi connectivity index (χ3n) is 2.93. The van der Waals surface area contributed by atoms with Gasteiger partial charge in [-0.15, -0.1) is 0 Å². The number of H-pyrrole nitrogens is 1. The molecular formula is C15H14N2O. The van der Waals surface area contributed by atoms with Gasteiger partial charge in [0, 0.05) is 11.3 Å². The first-order valence-corrected chi connectivity index (χ1v) is 6.06. The Labute approximate surface area is 105 Å². The molecule has 18 heavy (non-hydrogen) atoms. The minimum atomic E-state index is 0.810. The molecule has 0 amide bonds.